The van der Waals surface area contributed by atoms with Crippen molar-refractivity contribution in [1.82, 2.24) is 14.8 Å². The van der Waals surface area contributed by atoms with Crippen LogP contribution in [0.25, 0.3) is 22.4 Å². The number of likely N-dealkylation sites (tertiary alicyclic amines) is 1. The molecule has 266 valence electrons. The van der Waals surface area contributed by atoms with E-state index in [0.717, 1.165) is 86.7 Å². The van der Waals surface area contributed by atoms with Crippen molar-refractivity contribution in [2.45, 2.75) is 58.3 Å². The van der Waals surface area contributed by atoms with Crippen LogP contribution < -0.4 is 14.2 Å². The lowest BCUT2D eigenvalue weighted by atomic mass is 9.97. The molecule has 8 heteroatoms. The summed E-state index contributed by atoms with van der Waals surface area (Å²) in [6.45, 7) is 6.74. The molecule has 2 N–H and O–H groups in total. The van der Waals surface area contributed by atoms with Gasteiger partial charge in [-0.3, -0.25) is 14.8 Å². The molecule has 2 heterocycles. The van der Waals surface area contributed by atoms with Crippen molar-refractivity contribution < 1.29 is 24.4 Å². The van der Waals surface area contributed by atoms with Crippen LogP contribution in [0.2, 0.25) is 0 Å². The molecule has 0 bridgehead atoms. The maximum absolute atomic E-state index is 10.2. The summed E-state index contributed by atoms with van der Waals surface area (Å²) in [5.74, 6) is 1.31. The Kier molecular flexibility index (Phi) is 11.8. The van der Waals surface area contributed by atoms with Crippen molar-refractivity contribution >= 4 is 0 Å². The Morgan fingerprint density at radius 2 is 1.45 bits per heavy atom. The summed E-state index contributed by atoms with van der Waals surface area (Å²) in [5.41, 5.74) is 8.66. The lowest BCUT2D eigenvalue weighted by Gasteiger charge is -2.39. The van der Waals surface area contributed by atoms with Gasteiger partial charge in [0, 0.05) is 37.4 Å². The number of aryl methyl sites for hydroxylation is 1. The molecule has 0 unspecified atom stereocenters. The Morgan fingerprint density at radius 3 is 2.18 bits per heavy atom. The SMILES string of the molecule is CCCc1cc(-c2cccc(CN(Cc3ccccc3)C3CCN(Cc4ccnc(-c5cc(O)c(O)c(OC)c5)c4)CC3)c2)cc(OC)c1OC. The smallest absolute Gasteiger partial charge is 0.200 e. The molecule has 5 aromatic rings. The minimum absolute atomic E-state index is 0.216. The van der Waals surface area contributed by atoms with Crippen molar-refractivity contribution in [3.05, 3.63) is 119 Å². The predicted octanol–water partition coefficient (Wildman–Crippen LogP) is 8.47. The summed E-state index contributed by atoms with van der Waals surface area (Å²) in [6.07, 6.45) is 5.90. The summed E-state index contributed by atoms with van der Waals surface area (Å²) in [7, 11) is 4.88. The van der Waals surface area contributed by atoms with Crippen LogP contribution in [0.4, 0.5) is 0 Å². The average molecular weight is 688 g/mol. The minimum atomic E-state index is -0.270. The van der Waals surface area contributed by atoms with E-state index in [1.54, 1.807) is 26.5 Å². The van der Waals surface area contributed by atoms with Crippen molar-refractivity contribution in [2.75, 3.05) is 34.4 Å². The van der Waals surface area contributed by atoms with Crippen LogP contribution in [-0.4, -0.2) is 65.5 Å². The summed E-state index contributed by atoms with van der Waals surface area (Å²) >= 11 is 0. The van der Waals surface area contributed by atoms with Crippen LogP contribution in [0, 0.1) is 0 Å². The molecule has 1 aliphatic heterocycles. The van der Waals surface area contributed by atoms with Gasteiger partial charge in [0.1, 0.15) is 0 Å². The van der Waals surface area contributed by atoms with Crippen molar-refractivity contribution in [3.63, 3.8) is 0 Å². The lowest BCUT2D eigenvalue weighted by Crippen LogP contribution is -2.44. The normalized spacial score (nSPS) is 13.7. The molecule has 0 radical (unpaired) electrons. The molecule has 0 spiro atoms. The van der Waals surface area contributed by atoms with E-state index in [1.807, 2.05) is 6.07 Å². The summed E-state index contributed by atoms with van der Waals surface area (Å²) in [6, 6.07) is 31.8. The first kappa shape index (κ1) is 35.8. The fraction of sp³-hybridized carbons (Fsp3) is 0.326. The molecule has 0 aliphatic carbocycles. The zero-order valence-electron chi connectivity index (χ0n) is 30.1. The third kappa shape index (κ3) is 8.64. The Bertz CT molecular complexity index is 1910. The number of benzene rings is 4. The van der Waals surface area contributed by atoms with Gasteiger partial charge in [-0.05, 0) is 108 Å². The second-order valence-corrected chi connectivity index (χ2v) is 13.3. The molecule has 1 aliphatic rings. The number of hydrogen-bond acceptors (Lipinski definition) is 8. The molecule has 0 atom stereocenters. The van der Waals surface area contributed by atoms with E-state index in [-0.39, 0.29) is 17.2 Å². The van der Waals surface area contributed by atoms with E-state index in [0.29, 0.717) is 11.6 Å². The second-order valence-electron chi connectivity index (χ2n) is 13.3. The number of pyridine rings is 1. The highest BCUT2D eigenvalue weighted by atomic mass is 16.5. The Labute approximate surface area is 301 Å². The molecule has 0 saturated carbocycles. The van der Waals surface area contributed by atoms with Gasteiger partial charge in [0.05, 0.1) is 27.0 Å². The Morgan fingerprint density at radius 1 is 0.725 bits per heavy atom. The first-order valence-corrected chi connectivity index (χ1v) is 17.8. The molecule has 0 amide bonds. The largest absolute Gasteiger partial charge is 0.504 e. The minimum Gasteiger partial charge on any atom is -0.504 e. The molecule has 1 fully saturated rings. The number of rotatable bonds is 14. The highest BCUT2D eigenvalue weighted by Crippen LogP contribution is 2.40. The molecule has 1 saturated heterocycles. The maximum atomic E-state index is 10.2. The zero-order valence-corrected chi connectivity index (χ0v) is 30.1. The fourth-order valence-electron chi connectivity index (χ4n) is 7.21. The summed E-state index contributed by atoms with van der Waals surface area (Å²) < 4.78 is 16.7. The van der Waals surface area contributed by atoms with E-state index >= 15 is 0 Å². The Hall–Kier alpha value is -5.05. The zero-order chi connectivity index (χ0) is 35.7. The summed E-state index contributed by atoms with van der Waals surface area (Å²) in [4.78, 5) is 9.69. The third-order valence-corrected chi connectivity index (χ3v) is 9.82. The average Bonchev–Trinajstić information content (AvgIpc) is 3.16. The van der Waals surface area contributed by atoms with Gasteiger partial charge in [0.15, 0.2) is 23.0 Å². The van der Waals surface area contributed by atoms with E-state index < -0.39 is 0 Å². The monoisotopic (exact) mass is 687 g/mol. The number of phenols is 2. The fourth-order valence-corrected chi connectivity index (χ4v) is 7.21. The molecule has 1 aromatic heterocycles. The Balaban J connectivity index is 1.17. The van der Waals surface area contributed by atoms with Crippen LogP contribution in [0.5, 0.6) is 28.7 Å². The summed E-state index contributed by atoms with van der Waals surface area (Å²) in [5, 5.41) is 20.3. The number of piperidine rings is 1. The van der Waals surface area contributed by atoms with E-state index in [9.17, 15) is 10.2 Å². The van der Waals surface area contributed by atoms with Crippen LogP contribution in [-0.2, 0) is 26.1 Å². The highest BCUT2D eigenvalue weighted by Gasteiger charge is 2.26. The maximum Gasteiger partial charge on any atom is 0.200 e. The predicted molar refractivity (Wildman–Crippen MR) is 203 cm³/mol. The van der Waals surface area contributed by atoms with Crippen LogP contribution in [0.1, 0.15) is 48.4 Å². The van der Waals surface area contributed by atoms with E-state index in [1.165, 1.54) is 35.4 Å². The highest BCUT2D eigenvalue weighted by molar-refractivity contribution is 5.70. The molecule has 6 rings (SSSR count). The van der Waals surface area contributed by atoms with Gasteiger partial charge in [-0.1, -0.05) is 61.9 Å². The first-order chi connectivity index (χ1) is 24.9. The quantitative estimate of drug-likeness (QED) is 0.113. The van der Waals surface area contributed by atoms with E-state index in [2.05, 4.69) is 94.5 Å². The molecular weight excluding hydrogens is 638 g/mol. The van der Waals surface area contributed by atoms with Gasteiger partial charge in [-0.15, -0.1) is 0 Å². The topological polar surface area (TPSA) is 87.5 Å². The lowest BCUT2D eigenvalue weighted by molar-refractivity contribution is 0.0933. The van der Waals surface area contributed by atoms with Crippen molar-refractivity contribution in [2.24, 2.45) is 0 Å². The number of aromatic nitrogens is 1. The van der Waals surface area contributed by atoms with Gasteiger partial charge in [-0.25, -0.2) is 0 Å². The van der Waals surface area contributed by atoms with Gasteiger partial charge in [-0.2, -0.15) is 0 Å². The van der Waals surface area contributed by atoms with Crippen LogP contribution >= 0.6 is 0 Å². The van der Waals surface area contributed by atoms with Crippen molar-refractivity contribution in [3.8, 4) is 51.1 Å². The number of phenolic OH excluding ortho intramolecular Hbond substituents is 2. The van der Waals surface area contributed by atoms with Crippen LogP contribution in [0.15, 0.2) is 97.2 Å². The molecule has 4 aromatic carbocycles. The molecule has 8 nitrogen and oxygen atoms in total. The first-order valence-electron chi connectivity index (χ1n) is 17.8. The van der Waals surface area contributed by atoms with Crippen molar-refractivity contribution in [1.29, 1.82) is 0 Å². The molecular formula is C43H49N3O5. The van der Waals surface area contributed by atoms with Gasteiger partial charge >= 0.3 is 0 Å². The number of ether oxygens (including phenoxy) is 3. The number of methoxy groups -OCH3 is 3. The van der Waals surface area contributed by atoms with Crippen LogP contribution in [0.3, 0.4) is 0 Å². The van der Waals surface area contributed by atoms with Gasteiger partial charge < -0.3 is 24.4 Å². The van der Waals surface area contributed by atoms with E-state index in [4.69, 9.17) is 14.2 Å². The number of aromatic hydroxyl groups is 2. The third-order valence-electron chi connectivity index (χ3n) is 9.82. The van der Waals surface area contributed by atoms with Gasteiger partial charge in [0.25, 0.3) is 0 Å². The molecule has 51 heavy (non-hydrogen) atoms. The standard InChI is InChI=1S/C43H49N3O5/c1-5-10-34-23-35(25-41(50-3)43(34)51-4)33-14-9-13-31(21-33)29-46(28-30-11-7-6-8-12-30)37-16-19-45(20-17-37)27-32-15-18-44-38(22-32)36-24-39(47)42(48)40(26-36)49-2/h6-9,11-15,18,21-26,37,47-48H,5,10,16-17,19-20,27-29H2,1-4H3. The second kappa shape index (κ2) is 16.8. The number of hydrogen-bond donors (Lipinski definition) is 2. The number of nitrogens with zero attached hydrogens (tertiary/aromatic N) is 3. The van der Waals surface area contributed by atoms with Gasteiger partial charge in [0.2, 0.25) is 5.75 Å².